The van der Waals surface area contributed by atoms with E-state index in [0.717, 1.165) is 32.0 Å². The minimum atomic E-state index is -0.644. The Labute approximate surface area is 233 Å². The van der Waals surface area contributed by atoms with Crippen LogP contribution in [0.25, 0.3) is 0 Å². The third-order valence-corrected chi connectivity index (χ3v) is 6.69. The van der Waals surface area contributed by atoms with Gasteiger partial charge in [-0.25, -0.2) is 19.4 Å². The lowest BCUT2D eigenvalue weighted by Gasteiger charge is -2.35. The van der Waals surface area contributed by atoms with Gasteiger partial charge in [-0.05, 0) is 51.3 Å². The van der Waals surface area contributed by atoms with Gasteiger partial charge in [-0.2, -0.15) is 0 Å². The van der Waals surface area contributed by atoms with Crippen LogP contribution in [0.3, 0.4) is 0 Å². The van der Waals surface area contributed by atoms with E-state index in [-0.39, 0.29) is 28.3 Å². The van der Waals surface area contributed by atoms with Crippen LogP contribution in [0.2, 0.25) is 0 Å². The summed E-state index contributed by atoms with van der Waals surface area (Å²) in [6, 6.07) is 5.99. The van der Waals surface area contributed by atoms with Crippen molar-refractivity contribution in [2.75, 3.05) is 42.7 Å². The fourth-order valence-corrected chi connectivity index (χ4v) is 4.32. The Morgan fingerprint density at radius 3 is 2.62 bits per heavy atom. The smallest absolute Gasteiger partial charge is 0.256 e. The van der Waals surface area contributed by atoms with E-state index in [0.29, 0.717) is 29.1 Å². The highest BCUT2D eigenvalue weighted by Crippen LogP contribution is 2.26. The summed E-state index contributed by atoms with van der Waals surface area (Å²) in [6.45, 7) is 11.2. The van der Waals surface area contributed by atoms with Crippen LogP contribution in [0.4, 0.5) is 27.5 Å². The number of amidine groups is 1. The van der Waals surface area contributed by atoms with E-state index in [1.165, 1.54) is 18.3 Å². The van der Waals surface area contributed by atoms with Gasteiger partial charge >= 0.3 is 0 Å². The number of carbonyl (C=O) groups excluding carboxylic acids is 1. The van der Waals surface area contributed by atoms with E-state index in [9.17, 15) is 9.18 Å². The van der Waals surface area contributed by atoms with Crippen molar-refractivity contribution >= 4 is 34.9 Å². The lowest BCUT2D eigenvalue weighted by atomic mass is 9.93. The molecule has 1 saturated heterocycles. The molecule has 0 radical (unpaired) electrons. The molecule has 4 N–H and O–H groups in total. The summed E-state index contributed by atoms with van der Waals surface area (Å²) in [7, 11) is 4.16. The summed E-state index contributed by atoms with van der Waals surface area (Å²) in [4.78, 5) is 30.6. The standard InChI is InChI=1S/C28H36FN9O2/c1-7-31-21-16-32-27(38-12-10-18(11-13-38)37(5)6)35-24(21)25(30)33-20-14-17(8-9-19(20)29)26(39)34-23-15-22(40-36-23)28(2,3)4/h7-9,14-16,18,31H,1,10-13H2,2-6H3,(H2,30,33)(H,34,36,39). The molecule has 11 nitrogen and oxygen atoms in total. The number of nitrogens with one attached hydrogen (secondary N) is 2. The summed E-state index contributed by atoms with van der Waals surface area (Å²) in [5, 5.41) is 9.52. The van der Waals surface area contributed by atoms with Crippen molar-refractivity contribution in [3.05, 3.63) is 66.1 Å². The number of amides is 1. The third-order valence-electron chi connectivity index (χ3n) is 6.69. The first-order valence-corrected chi connectivity index (χ1v) is 13.0. The summed E-state index contributed by atoms with van der Waals surface area (Å²) in [5.41, 5.74) is 6.91. The molecule has 1 amide bonds. The van der Waals surface area contributed by atoms with Crippen molar-refractivity contribution in [3.63, 3.8) is 0 Å². The minimum Gasteiger partial charge on any atom is -0.382 e. The fourth-order valence-electron chi connectivity index (χ4n) is 4.32. The van der Waals surface area contributed by atoms with Gasteiger partial charge < -0.3 is 30.7 Å². The van der Waals surface area contributed by atoms with E-state index in [1.807, 2.05) is 20.8 Å². The normalized spacial score (nSPS) is 14.9. The zero-order valence-electron chi connectivity index (χ0n) is 23.5. The number of anilines is 3. The third kappa shape index (κ3) is 6.63. The quantitative estimate of drug-likeness (QED) is 0.278. The summed E-state index contributed by atoms with van der Waals surface area (Å²) in [5.74, 6) is 0.203. The van der Waals surface area contributed by atoms with E-state index in [4.69, 9.17) is 10.3 Å². The molecule has 1 aliphatic heterocycles. The van der Waals surface area contributed by atoms with Gasteiger partial charge in [0.2, 0.25) is 5.95 Å². The molecule has 3 heterocycles. The maximum atomic E-state index is 14.8. The average molecular weight is 550 g/mol. The number of nitrogens with two attached hydrogens (primary N) is 1. The minimum absolute atomic E-state index is 0.0426. The largest absolute Gasteiger partial charge is 0.382 e. The number of hydrogen-bond acceptors (Lipinski definition) is 9. The number of piperidine rings is 1. The number of carbonyl (C=O) groups is 1. The molecular weight excluding hydrogens is 513 g/mol. The molecule has 40 heavy (non-hydrogen) atoms. The van der Waals surface area contributed by atoms with Gasteiger partial charge in [0.1, 0.15) is 23.0 Å². The highest BCUT2D eigenvalue weighted by molar-refractivity contribution is 6.05. The molecule has 1 aliphatic rings. The highest BCUT2D eigenvalue weighted by Gasteiger charge is 2.24. The van der Waals surface area contributed by atoms with Crippen LogP contribution < -0.4 is 21.3 Å². The topological polar surface area (TPSA) is 138 Å². The van der Waals surface area contributed by atoms with Crippen LogP contribution in [0, 0.1) is 5.82 Å². The maximum absolute atomic E-state index is 14.8. The predicted octanol–water partition coefficient (Wildman–Crippen LogP) is 4.28. The Hall–Kier alpha value is -4.32. The van der Waals surface area contributed by atoms with Crippen molar-refractivity contribution < 1.29 is 13.7 Å². The first kappa shape index (κ1) is 28.7. The van der Waals surface area contributed by atoms with Crippen LogP contribution >= 0.6 is 0 Å². The Morgan fingerprint density at radius 1 is 1.27 bits per heavy atom. The monoisotopic (exact) mass is 549 g/mol. The molecule has 0 aliphatic carbocycles. The van der Waals surface area contributed by atoms with Crippen LogP contribution in [0.1, 0.15) is 55.4 Å². The summed E-state index contributed by atoms with van der Waals surface area (Å²) in [6.07, 6.45) is 5.03. The molecule has 212 valence electrons. The second-order valence-electron chi connectivity index (χ2n) is 10.9. The van der Waals surface area contributed by atoms with E-state index < -0.39 is 11.7 Å². The van der Waals surface area contributed by atoms with Crippen molar-refractivity contribution in [2.24, 2.45) is 10.7 Å². The van der Waals surface area contributed by atoms with Crippen LogP contribution in [-0.4, -0.2) is 65.0 Å². The number of rotatable bonds is 8. The van der Waals surface area contributed by atoms with E-state index >= 15 is 0 Å². The van der Waals surface area contributed by atoms with Crippen LogP contribution in [0.5, 0.6) is 0 Å². The van der Waals surface area contributed by atoms with Crippen molar-refractivity contribution in [3.8, 4) is 0 Å². The second kappa shape index (κ2) is 11.8. The predicted molar refractivity (Wildman–Crippen MR) is 155 cm³/mol. The van der Waals surface area contributed by atoms with E-state index in [1.54, 1.807) is 12.3 Å². The molecule has 0 atom stereocenters. The molecule has 12 heteroatoms. The van der Waals surface area contributed by atoms with Gasteiger partial charge in [-0.15, -0.1) is 0 Å². The Morgan fingerprint density at radius 2 is 2.00 bits per heavy atom. The number of hydrogen-bond donors (Lipinski definition) is 3. The lowest BCUT2D eigenvalue weighted by Crippen LogP contribution is -2.42. The molecule has 3 aromatic rings. The van der Waals surface area contributed by atoms with Gasteiger partial charge in [-0.1, -0.05) is 32.5 Å². The second-order valence-corrected chi connectivity index (χ2v) is 10.9. The average Bonchev–Trinajstić information content (AvgIpc) is 3.39. The molecule has 1 aromatic carbocycles. The molecular formula is C28H36FN9O2. The Balaban J connectivity index is 1.59. The molecule has 0 spiro atoms. The van der Waals surface area contributed by atoms with Gasteiger partial charge in [0.15, 0.2) is 11.7 Å². The van der Waals surface area contributed by atoms with Gasteiger partial charge in [0, 0.05) is 36.2 Å². The zero-order chi connectivity index (χ0) is 29.0. The Bertz CT molecular complexity index is 1400. The SMILES string of the molecule is C=CNc1cnc(N2CCC(N(C)C)CC2)nc1C(N)=Nc1cc(C(=O)Nc2cc(C(C)(C)C)on2)ccc1F. The van der Waals surface area contributed by atoms with Crippen molar-refractivity contribution in [2.45, 2.75) is 45.1 Å². The van der Waals surface area contributed by atoms with Gasteiger partial charge in [0.05, 0.1) is 11.9 Å². The molecule has 1 fully saturated rings. The first-order valence-electron chi connectivity index (χ1n) is 13.0. The van der Waals surface area contributed by atoms with Gasteiger partial charge in [0.25, 0.3) is 5.91 Å². The number of aromatic nitrogens is 3. The Kier molecular flexibility index (Phi) is 8.48. The number of halogens is 1. The number of nitrogens with zero attached hydrogens (tertiary/aromatic N) is 6. The number of benzene rings is 1. The molecule has 2 aromatic heterocycles. The van der Waals surface area contributed by atoms with Crippen LogP contribution in [-0.2, 0) is 5.41 Å². The molecule has 0 saturated carbocycles. The van der Waals surface area contributed by atoms with E-state index in [2.05, 4.69) is 61.2 Å². The van der Waals surface area contributed by atoms with Crippen molar-refractivity contribution in [1.82, 2.24) is 20.0 Å². The summed E-state index contributed by atoms with van der Waals surface area (Å²) < 4.78 is 20.1. The highest BCUT2D eigenvalue weighted by atomic mass is 19.1. The summed E-state index contributed by atoms with van der Waals surface area (Å²) >= 11 is 0. The molecule has 0 bridgehead atoms. The van der Waals surface area contributed by atoms with Crippen LogP contribution in [0.15, 0.2) is 52.8 Å². The number of aliphatic imine (C=N–C) groups is 1. The van der Waals surface area contributed by atoms with Crippen molar-refractivity contribution in [1.29, 1.82) is 0 Å². The fraction of sp³-hybridized carbons (Fsp3) is 0.393. The molecule has 4 rings (SSSR count). The zero-order valence-corrected chi connectivity index (χ0v) is 23.5. The van der Waals surface area contributed by atoms with Gasteiger partial charge in [-0.3, -0.25) is 4.79 Å². The maximum Gasteiger partial charge on any atom is 0.256 e. The first-order chi connectivity index (χ1) is 19.0. The molecule has 0 unspecified atom stereocenters. The lowest BCUT2D eigenvalue weighted by molar-refractivity contribution is 0.102.